The molecule has 1 amide bonds. The molecule has 1 aliphatic heterocycles. The lowest BCUT2D eigenvalue weighted by atomic mass is 9.92. The highest BCUT2D eigenvalue weighted by atomic mass is 16.5. The Bertz CT molecular complexity index is 337. The molecule has 1 aliphatic carbocycles. The number of carbonyl (C=O) groups is 2. The fourth-order valence-corrected chi connectivity index (χ4v) is 2.86. The second-order valence-corrected chi connectivity index (χ2v) is 5.54. The van der Waals surface area contributed by atoms with Gasteiger partial charge in [-0.2, -0.15) is 0 Å². The molecule has 1 spiro atoms. The minimum absolute atomic E-state index is 0.104. The number of nitrogens with one attached hydrogen (secondary N) is 2. The molecule has 2 atom stereocenters. The Balaban J connectivity index is 1.75. The number of carbonyl (C=O) groups excluding carboxylic acids is 2. The predicted molar refractivity (Wildman–Crippen MR) is 66.8 cm³/mol. The Morgan fingerprint density at radius 2 is 2.11 bits per heavy atom. The smallest absolute Gasteiger partial charge is 0.310 e. The number of esters is 1. The summed E-state index contributed by atoms with van der Waals surface area (Å²) in [5.41, 5.74) is 0.254. The summed E-state index contributed by atoms with van der Waals surface area (Å²) >= 11 is 0. The van der Waals surface area contributed by atoms with Crippen LogP contribution in [0, 0.1) is 17.3 Å². The summed E-state index contributed by atoms with van der Waals surface area (Å²) in [4.78, 5) is 23.2. The zero-order chi connectivity index (χ0) is 13.2. The van der Waals surface area contributed by atoms with Gasteiger partial charge >= 0.3 is 5.97 Å². The molecule has 0 aromatic heterocycles. The van der Waals surface area contributed by atoms with Crippen molar-refractivity contribution in [3.63, 3.8) is 0 Å². The molecule has 5 heteroatoms. The first-order valence-electron chi connectivity index (χ1n) is 6.65. The Kier molecular flexibility index (Phi) is 3.90. The van der Waals surface area contributed by atoms with Crippen LogP contribution in [-0.4, -0.2) is 38.6 Å². The third kappa shape index (κ3) is 2.66. The van der Waals surface area contributed by atoms with E-state index in [9.17, 15) is 9.59 Å². The van der Waals surface area contributed by atoms with Crippen LogP contribution in [0.1, 0.15) is 26.2 Å². The molecule has 18 heavy (non-hydrogen) atoms. The molecule has 1 heterocycles. The summed E-state index contributed by atoms with van der Waals surface area (Å²) in [6, 6.07) is 0. The van der Waals surface area contributed by atoms with Crippen LogP contribution in [0.2, 0.25) is 0 Å². The SMILES string of the molecule is COC(=O)C(C)CNC(=O)C1CC12CCNCC2. The number of rotatable bonds is 4. The number of piperidine rings is 1. The van der Waals surface area contributed by atoms with Crippen LogP contribution >= 0.6 is 0 Å². The fraction of sp³-hybridized carbons (Fsp3) is 0.846. The van der Waals surface area contributed by atoms with E-state index in [4.69, 9.17) is 0 Å². The van der Waals surface area contributed by atoms with Gasteiger partial charge in [-0.3, -0.25) is 9.59 Å². The first-order chi connectivity index (χ1) is 8.59. The van der Waals surface area contributed by atoms with Crippen LogP contribution in [0.15, 0.2) is 0 Å². The summed E-state index contributed by atoms with van der Waals surface area (Å²) < 4.78 is 4.63. The van der Waals surface area contributed by atoms with Gasteiger partial charge in [0.15, 0.2) is 0 Å². The molecule has 102 valence electrons. The van der Waals surface area contributed by atoms with Gasteiger partial charge in [-0.25, -0.2) is 0 Å². The molecule has 0 bridgehead atoms. The highest BCUT2D eigenvalue weighted by molar-refractivity contribution is 5.83. The summed E-state index contributed by atoms with van der Waals surface area (Å²) in [7, 11) is 1.37. The van der Waals surface area contributed by atoms with Crippen LogP contribution in [0.3, 0.4) is 0 Å². The van der Waals surface area contributed by atoms with Gasteiger partial charge in [0.2, 0.25) is 5.91 Å². The van der Waals surface area contributed by atoms with Crippen molar-refractivity contribution in [2.75, 3.05) is 26.7 Å². The van der Waals surface area contributed by atoms with E-state index in [2.05, 4.69) is 15.4 Å². The molecular formula is C13H22N2O3. The molecule has 2 fully saturated rings. The Hall–Kier alpha value is -1.10. The van der Waals surface area contributed by atoms with Crippen molar-refractivity contribution in [3.05, 3.63) is 0 Å². The minimum Gasteiger partial charge on any atom is -0.469 e. The Morgan fingerprint density at radius 3 is 2.72 bits per heavy atom. The number of amides is 1. The first-order valence-corrected chi connectivity index (χ1v) is 6.65. The quantitative estimate of drug-likeness (QED) is 0.708. The number of hydrogen-bond donors (Lipinski definition) is 2. The molecule has 2 rings (SSSR count). The standard InChI is InChI=1S/C13H22N2O3/c1-9(12(17)18-2)8-15-11(16)10-7-13(10)3-5-14-6-4-13/h9-10,14H,3-8H2,1-2H3,(H,15,16). The van der Waals surface area contributed by atoms with E-state index in [-0.39, 0.29) is 29.1 Å². The second-order valence-electron chi connectivity index (χ2n) is 5.54. The lowest BCUT2D eigenvalue weighted by molar-refractivity contribution is -0.144. The summed E-state index contributed by atoms with van der Waals surface area (Å²) in [6.45, 7) is 4.17. The maximum atomic E-state index is 12.0. The van der Waals surface area contributed by atoms with Gasteiger partial charge in [0, 0.05) is 12.5 Å². The molecule has 0 radical (unpaired) electrons. The Morgan fingerprint density at radius 1 is 1.44 bits per heavy atom. The van der Waals surface area contributed by atoms with E-state index < -0.39 is 0 Å². The highest BCUT2D eigenvalue weighted by Gasteiger charge is 2.57. The van der Waals surface area contributed by atoms with Crippen LogP contribution in [0.25, 0.3) is 0 Å². The average Bonchev–Trinajstić information content (AvgIpc) is 3.09. The van der Waals surface area contributed by atoms with E-state index in [1.54, 1.807) is 6.92 Å². The van der Waals surface area contributed by atoms with Crippen molar-refractivity contribution in [2.24, 2.45) is 17.3 Å². The second kappa shape index (κ2) is 5.26. The van der Waals surface area contributed by atoms with Gasteiger partial charge in [0.25, 0.3) is 0 Å². The van der Waals surface area contributed by atoms with Crippen molar-refractivity contribution in [3.8, 4) is 0 Å². The van der Waals surface area contributed by atoms with E-state index in [0.29, 0.717) is 6.54 Å². The zero-order valence-corrected chi connectivity index (χ0v) is 11.1. The lowest BCUT2D eigenvalue weighted by Crippen LogP contribution is -2.36. The third-order valence-electron chi connectivity index (χ3n) is 4.29. The first kappa shape index (κ1) is 13.3. The average molecular weight is 254 g/mol. The predicted octanol–water partition coefficient (Wildman–Crippen LogP) is 0.301. The molecule has 0 aromatic rings. The van der Waals surface area contributed by atoms with Crippen LogP contribution < -0.4 is 10.6 Å². The number of hydrogen-bond acceptors (Lipinski definition) is 4. The van der Waals surface area contributed by atoms with E-state index in [1.165, 1.54) is 7.11 Å². The van der Waals surface area contributed by atoms with Crippen molar-refractivity contribution in [2.45, 2.75) is 26.2 Å². The summed E-state index contributed by atoms with van der Waals surface area (Å²) in [6.07, 6.45) is 3.20. The molecule has 1 saturated carbocycles. The van der Waals surface area contributed by atoms with E-state index in [1.807, 2.05) is 0 Å². The topological polar surface area (TPSA) is 67.4 Å². The summed E-state index contributed by atoms with van der Waals surface area (Å²) in [5, 5.41) is 6.19. The molecule has 2 unspecified atom stereocenters. The molecule has 1 saturated heterocycles. The highest BCUT2D eigenvalue weighted by Crippen LogP contribution is 2.58. The maximum Gasteiger partial charge on any atom is 0.310 e. The van der Waals surface area contributed by atoms with Crippen LogP contribution in [-0.2, 0) is 14.3 Å². The molecule has 0 aromatic carbocycles. The van der Waals surface area contributed by atoms with Crippen molar-refractivity contribution in [1.29, 1.82) is 0 Å². The summed E-state index contributed by atoms with van der Waals surface area (Å²) in [5.74, 6) is -0.290. The monoisotopic (exact) mass is 254 g/mol. The van der Waals surface area contributed by atoms with Crippen LogP contribution in [0.4, 0.5) is 0 Å². The van der Waals surface area contributed by atoms with Crippen molar-refractivity contribution < 1.29 is 14.3 Å². The van der Waals surface area contributed by atoms with E-state index in [0.717, 1.165) is 32.4 Å². The molecule has 2 aliphatic rings. The molecular weight excluding hydrogens is 232 g/mol. The van der Waals surface area contributed by atoms with Crippen molar-refractivity contribution >= 4 is 11.9 Å². The van der Waals surface area contributed by atoms with Gasteiger partial charge in [0.1, 0.15) is 0 Å². The largest absolute Gasteiger partial charge is 0.469 e. The van der Waals surface area contributed by atoms with Crippen molar-refractivity contribution in [1.82, 2.24) is 10.6 Å². The maximum absolute atomic E-state index is 12.0. The number of ether oxygens (including phenoxy) is 1. The van der Waals surface area contributed by atoms with Gasteiger partial charge < -0.3 is 15.4 Å². The molecule has 2 N–H and O–H groups in total. The van der Waals surface area contributed by atoms with Crippen LogP contribution in [0.5, 0.6) is 0 Å². The lowest BCUT2D eigenvalue weighted by Gasteiger charge is -2.23. The normalized spacial score (nSPS) is 26.4. The van der Waals surface area contributed by atoms with Gasteiger partial charge in [-0.1, -0.05) is 6.92 Å². The Labute approximate surface area is 108 Å². The number of methoxy groups -OCH3 is 1. The fourth-order valence-electron chi connectivity index (χ4n) is 2.86. The molecule has 5 nitrogen and oxygen atoms in total. The van der Waals surface area contributed by atoms with Gasteiger partial charge in [-0.05, 0) is 37.8 Å². The van der Waals surface area contributed by atoms with E-state index >= 15 is 0 Å². The zero-order valence-electron chi connectivity index (χ0n) is 11.1. The minimum atomic E-state index is -0.276. The third-order valence-corrected chi connectivity index (χ3v) is 4.29. The van der Waals surface area contributed by atoms with Gasteiger partial charge in [-0.15, -0.1) is 0 Å². The van der Waals surface area contributed by atoms with Gasteiger partial charge in [0.05, 0.1) is 13.0 Å².